The monoisotopic (exact) mass is 650 g/mol. The number of hydrogen-bond donors (Lipinski definition) is 1. The van der Waals surface area contributed by atoms with Crippen molar-refractivity contribution < 1.29 is 23.5 Å². The largest absolute Gasteiger partial charge is 0.497 e. The zero-order valence-corrected chi connectivity index (χ0v) is 27.4. The number of nitrogens with zero attached hydrogens (tertiary/aromatic N) is 3. The summed E-state index contributed by atoms with van der Waals surface area (Å²) < 4.78 is 26.7. The number of ether oxygens (including phenoxy) is 2. The van der Waals surface area contributed by atoms with E-state index in [1.54, 1.807) is 31.0 Å². The Bertz CT molecular complexity index is 1930. The van der Waals surface area contributed by atoms with E-state index in [2.05, 4.69) is 11.4 Å². The molecule has 1 atom stereocenters. The van der Waals surface area contributed by atoms with Gasteiger partial charge in [0.15, 0.2) is 0 Å². The van der Waals surface area contributed by atoms with E-state index < -0.39 is 5.25 Å². The maximum atomic E-state index is 14.1. The average Bonchev–Trinajstić information content (AvgIpc) is 3.40. The minimum absolute atomic E-state index is 0.103. The van der Waals surface area contributed by atoms with Crippen LogP contribution < -0.4 is 19.7 Å². The third kappa shape index (κ3) is 6.59. The van der Waals surface area contributed by atoms with Crippen molar-refractivity contribution in [3.05, 3.63) is 125 Å². The Labute approximate surface area is 277 Å². The van der Waals surface area contributed by atoms with Crippen LogP contribution in [0, 0.1) is 19.7 Å². The first-order chi connectivity index (χ1) is 22.8. The number of halogens is 1. The van der Waals surface area contributed by atoms with Gasteiger partial charge in [-0.05, 0) is 61.4 Å². The standard InChI is InChI=1S/C37H35FN4O4S/c1-23-10-16-30(24(2)18-23)42-37-34(35(40-42)26-8-6-5-7-9-26)36(29-19-28(45-3)15-17-31(29)46-4)47-22-33(44)41(37)21-32(43)39-20-25-11-13-27(38)14-12-25/h5-19,36H,20-22H2,1-4H3,(H,39,43). The molecule has 240 valence electrons. The van der Waals surface area contributed by atoms with Gasteiger partial charge in [-0.25, -0.2) is 9.07 Å². The molecule has 0 saturated carbocycles. The summed E-state index contributed by atoms with van der Waals surface area (Å²) in [7, 11) is 3.23. The zero-order valence-electron chi connectivity index (χ0n) is 26.6. The Morgan fingerprint density at radius 1 is 0.979 bits per heavy atom. The number of anilines is 1. The smallest absolute Gasteiger partial charge is 0.240 e. The molecule has 5 aromatic rings. The number of aryl methyl sites for hydroxylation is 2. The van der Waals surface area contributed by atoms with E-state index in [4.69, 9.17) is 14.6 Å². The number of thioether (sulfide) groups is 1. The summed E-state index contributed by atoms with van der Waals surface area (Å²) in [4.78, 5) is 29.2. The van der Waals surface area contributed by atoms with Gasteiger partial charge in [-0.15, -0.1) is 11.8 Å². The van der Waals surface area contributed by atoms with E-state index in [0.29, 0.717) is 23.0 Å². The summed E-state index contributed by atoms with van der Waals surface area (Å²) >= 11 is 1.46. The molecule has 0 fully saturated rings. The van der Waals surface area contributed by atoms with Gasteiger partial charge in [0.1, 0.15) is 29.7 Å². The number of carbonyl (C=O) groups is 2. The maximum Gasteiger partial charge on any atom is 0.240 e. The molecule has 1 unspecified atom stereocenters. The molecule has 2 heterocycles. The maximum absolute atomic E-state index is 14.1. The Hall–Kier alpha value is -5.09. The van der Waals surface area contributed by atoms with Crippen LogP contribution in [0.25, 0.3) is 16.9 Å². The molecule has 0 saturated heterocycles. The number of rotatable bonds is 9. The van der Waals surface area contributed by atoms with Gasteiger partial charge in [0.25, 0.3) is 0 Å². The minimum Gasteiger partial charge on any atom is -0.497 e. The van der Waals surface area contributed by atoms with Crippen LogP contribution in [0.1, 0.15) is 33.1 Å². The fourth-order valence-corrected chi connectivity index (χ4v) is 7.04. The van der Waals surface area contributed by atoms with Crippen LogP contribution in [0.3, 0.4) is 0 Å². The SMILES string of the molecule is COc1ccc(OC)c(C2SCC(=O)N(CC(=O)NCc3ccc(F)cc3)c3c2c(-c2ccccc2)nn3-c2ccc(C)cc2C)c1. The molecule has 1 aromatic heterocycles. The lowest BCUT2D eigenvalue weighted by Crippen LogP contribution is -2.42. The number of aromatic nitrogens is 2. The number of nitrogens with one attached hydrogen (secondary N) is 1. The molecular weight excluding hydrogens is 615 g/mol. The molecule has 8 nitrogen and oxygen atoms in total. The second-order valence-electron chi connectivity index (χ2n) is 11.3. The minimum atomic E-state index is -0.402. The van der Waals surface area contributed by atoms with Crippen LogP contribution >= 0.6 is 11.8 Å². The van der Waals surface area contributed by atoms with Gasteiger partial charge in [-0.2, -0.15) is 5.10 Å². The summed E-state index contributed by atoms with van der Waals surface area (Å²) in [6.07, 6.45) is 0. The van der Waals surface area contributed by atoms with Gasteiger partial charge < -0.3 is 14.8 Å². The Morgan fingerprint density at radius 3 is 2.45 bits per heavy atom. The third-order valence-corrected chi connectivity index (χ3v) is 9.38. The van der Waals surface area contributed by atoms with Crippen LogP contribution in [-0.4, -0.2) is 48.1 Å². The van der Waals surface area contributed by atoms with Gasteiger partial charge in [0.05, 0.1) is 36.6 Å². The molecule has 10 heteroatoms. The predicted octanol–water partition coefficient (Wildman–Crippen LogP) is 6.80. The number of fused-ring (bicyclic) bond motifs is 1. The highest BCUT2D eigenvalue weighted by Gasteiger charge is 2.39. The van der Waals surface area contributed by atoms with Crippen LogP contribution in [0.4, 0.5) is 10.2 Å². The highest BCUT2D eigenvalue weighted by atomic mass is 32.2. The molecule has 0 radical (unpaired) electrons. The lowest BCUT2D eigenvalue weighted by molar-refractivity contribution is -0.123. The zero-order chi connectivity index (χ0) is 33.1. The number of hydrogen-bond acceptors (Lipinski definition) is 6. The molecule has 2 amide bonds. The first-order valence-electron chi connectivity index (χ1n) is 15.2. The van der Waals surface area contributed by atoms with Crippen molar-refractivity contribution in [1.82, 2.24) is 15.1 Å². The van der Waals surface area contributed by atoms with E-state index >= 15 is 0 Å². The molecular formula is C37H35FN4O4S. The predicted molar refractivity (Wildman–Crippen MR) is 183 cm³/mol. The normalized spacial score (nSPS) is 14.4. The van der Waals surface area contributed by atoms with Gasteiger partial charge >= 0.3 is 0 Å². The topological polar surface area (TPSA) is 85.7 Å². The molecule has 0 spiro atoms. The van der Waals surface area contributed by atoms with E-state index in [-0.39, 0.29) is 36.5 Å². The van der Waals surface area contributed by atoms with Crippen LogP contribution in [0.2, 0.25) is 0 Å². The Morgan fingerprint density at radius 2 is 1.74 bits per heavy atom. The quantitative estimate of drug-likeness (QED) is 0.189. The van der Waals surface area contributed by atoms with Gasteiger partial charge in [0.2, 0.25) is 11.8 Å². The number of amides is 2. The summed E-state index contributed by atoms with van der Waals surface area (Å²) in [6, 6.07) is 27.5. The van der Waals surface area contributed by atoms with Crippen molar-refractivity contribution in [2.75, 3.05) is 31.4 Å². The number of benzene rings is 4. The number of methoxy groups -OCH3 is 2. The van der Waals surface area contributed by atoms with E-state index in [1.165, 1.54) is 28.8 Å². The van der Waals surface area contributed by atoms with Crippen LogP contribution in [0.15, 0.2) is 91.0 Å². The summed E-state index contributed by atoms with van der Waals surface area (Å²) in [5, 5.41) is 7.70. The highest BCUT2D eigenvalue weighted by Crippen LogP contribution is 2.51. The first kappa shape index (κ1) is 31.9. The van der Waals surface area contributed by atoms with Crippen molar-refractivity contribution in [1.29, 1.82) is 0 Å². The van der Waals surface area contributed by atoms with Crippen molar-refractivity contribution in [2.45, 2.75) is 25.6 Å². The van der Waals surface area contributed by atoms with Gasteiger partial charge in [-0.1, -0.05) is 60.2 Å². The third-order valence-electron chi connectivity index (χ3n) is 8.14. The molecule has 4 aromatic carbocycles. The Kier molecular flexibility index (Phi) is 9.31. The molecule has 1 aliphatic rings. The first-order valence-corrected chi connectivity index (χ1v) is 16.2. The molecule has 0 aliphatic carbocycles. The lowest BCUT2D eigenvalue weighted by atomic mass is 9.98. The van der Waals surface area contributed by atoms with Crippen molar-refractivity contribution in [3.8, 4) is 28.4 Å². The van der Waals surface area contributed by atoms with E-state index in [0.717, 1.165) is 39.1 Å². The lowest BCUT2D eigenvalue weighted by Gasteiger charge is -2.24. The van der Waals surface area contributed by atoms with E-state index in [9.17, 15) is 14.0 Å². The molecule has 0 bridgehead atoms. The van der Waals surface area contributed by atoms with Gasteiger partial charge in [0, 0.05) is 23.2 Å². The number of carbonyl (C=O) groups excluding carboxylic acids is 2. The molecule has 6 rings (SSSR count). The Balaban J connectivity index is 1.55. The molecule has 47 heavy (non-hydrogen) atoms. The fourth-order valence-electron chi connectivity index (χ4n) is 5.83. The van der Waals surface area contributed by atoms with Crippen molar-refractivity contribution in [2.24, 2.45) is 0 Å². The van der Waals surface area contributed by atoms with Crippen molar-refractivity contribution >= 4 is 29.4 Å². The van der Waals surface area contributed by atoms with Crippen LogP contribution in [0.5, 0.6) is 11.5 Å². The van der Waals surface area contributed by atoms with Crippen LogP contribution in [-0.2, 0) is 16.1 Å². The molecule has 1 aliphatic heterocycles. The average molecular weight is 651 g/mol. The summed E-state index contributed by atoms with van der Waals surface area (Å²) in [5.74, 6) is 0.971. The second-order valence-corrected chi connectivity index (χ2v) is 12.4. The molecule has 1 N–H and O–H groups in total. The van der Waals surface area contributed by atoms with Crippen molar-refractivity contribution in [3.63, 3.8) is 0 Å². The van der Waals surface area contributed by atoms with Gasteiger partial charge in [-0.3, -0.25) is 14.5 Å². The summed E-state index contributed by atoms with van der Waals surface area (Å²) in [6.45, 7) is 3.99. The summed E-state index contributed by atoms with van der Waals surface area (Å²) in [5.41, 5.74) is 6.77. The second kappa shape index (κ2) is 13.7. The highest BCUT2D eigenvalue weighted by molar-refractivity contribution is 8.00. The fraction of sp³-hybridized carbons (Fsp3) is 0.216. The van der Waals surface area contributed by atoms with E-state index in [1.807, 2.05) is 74.5 Å².